The van der Waals surface area contributed by atoms with Gasteiger partial charge in [-0.15, -0.1) is 11.3 Å². The molecule has 1 aromatic carbocycles. The number of nitrogens with one attached hydrogen (secondary N) is 1. The van der Waals surface area contributed by atoms with E-state index in [0.29, 0.717) is 49.8 Å². The van der Waals surface area contributed by atoms with Gasteiger partial charge in [-0.25, -0.2) is 9.78 Å². The number of hydrogen-bond acceptors (Lipinski definition) is 6. The first kappa shape index (κ1) is 25.7. The largest absolute Gasteiger partial charge is 0.466 e. The van der Waals surface area contributed by atoms with Gasteiger partial charge in [0.15, 0.2) is 0 Å². The number of aromatic nitrogens is 1. The number of piperidine rings is 1. The van der Waals surface area contributed by atoms with Crippen LogP contribution in [-0.2, 0) is 16.1 Å². The van der Waals surface area contributed by atoms with Gasteiger partial charge in [0.1, 0.15) is 10.7 Å². The van der Waals surface area contributed by atoms with Crippen LogP contribution in [0.25, 0.3) is 0 Å². The maximum atomic E-state index is 13.1. The first-order valence-electron chi connectivity index (χ1n) is 11.7. The Morgan fingerprint density at radius 1 is 1.21 bits per heavy atom. The zero-order valence-corrected chi connectivity index (χ0v) is 21.4. The predicted molar refractivity (Wildman–Crippen MR) is 133 cm³/mol. The van der Waals surface area contributed by atoms with Gasteiger partial charge in [-0.2, -0.15) is 0 Å². The van der Waals surface area contributed by atoms with Gasteiger partial charge in [-0.1, -0.05) is 18.2 Å². The molecule has 34 heavy (non-hydrogen) atoms. The third kappa shape index (κ3) is 6.14. The molecule has 1 fully saturated rings. The molecule has 184 valence electrons. The van der Waals surface area contributed by atoms with Crippen molar-refractivity contribution in [3.8, 4) is 0 Å². The normalized spacial score (nSPS) is 14.2. The molecule has 8 nitrogen and oxygen atoms in total. The molecular formula is C25H34N4O4S. The fourth-order valence-electron chi connectivity index (χ4n) is 4.05. The highest BCUT2D eigenvalue weighted by Gasteiger charge is 2.30. The topological polar surface area (TPSA) is 91.8 Å². The highest BCUT2D eigenvalue weighted by molar-refractivity contribution is 7.09. The fourth-order valence-corrected chi connectivity index (χ4v) is 4.81. The number of esters is 1. The summed E-state index contributed by atoms with van der Waals surface area (Å²) in [5.74, 6) is -0.468. The number of nitrogens with zero attached hydrogens (tertiary/aromatic N) is 3. The molecule has 0 aliphatic carbocycles. The number of para-hydroxylation sites is 1. The lowest BCUT2D eigenvalue weighted by Crippen LogP contribution is -2.41. The van der Waals surface area contributed by atoms with Crippen molar-refractivity contribution in [3.63, 3.8) is 0 Å². The number of benzene rings is 1. The van der Waals surface area contributed by atoms with Crippen molar-refractivity contribution < 1.29 is 19.1 Å². The Morgan fingerprint density at radius 2 is 1.85 bits per heavy atom. The summed E-state index contributed by atoms with van der Waals surface area (Å²) >= 11 is 1.38. The minimum Gasteiger partial charge on any atom is -0.466 e. The van der Waals surface area contributed by atoms with Crippen molar-refractivity contribution in [3.05, 3.63) is 45.4 Å². The molecule has 0 radical (unpaired) electrons. The van der Waals surface area contributed by atoms with Gasteiger partial charge < -0.3 is 19.9 Å². The van der Waals surface area contributed by atoms with Crippen LogP contribution in [-0.4, -0.2) is 58.4 Å². The highest BCUT2D eigenvalue weighted by Crippen LogP contribution is 2.23. The third-order valence-electron chi connectivity index (χ3n) is 6.08. The Morgan fingerprint density at radius 3 is 2.44 bits per heavy atom. The van der Waals surface area contributed by atoms with Crippen LogP contribution in [0.15, 0.2) is 23.6 Å². The van der Waals surface area contributed by atoms with E-state index in [2.05, 4.69) is 10.3 Å². The lowest BCUT2D eigenvalue weighted by atomic mass is 9.97. The van der Waals surface area contributed by atoms with E-state index in [0.717, 1.165) is 16.8 Å². The van der Waals surface area contributed by atoms with Crippen LogP contribution in [0, 0.1) is 19.8 Å². The van der Waals surface area contributed by atoms with E-state index in [9.17, 15) is 14.4 Å². The molecule has 1 aliphatic rings. The molecule has 0 atom stereocenters. The van der Waals surface area contributed by atoms with Crippen LogP contribution in [0.1, 0.15) is 60.2 Å². The van der Waals surface area contributed by atoms with Crippen LogP contribution in [0.2, 0.25) is 0 Å². The van der Waals surface area contributed by atoms with Crippen LogP contribution < -0.4 is 5.32 Å². The number of ether oxygens (including phenoxy) is 1. The van der Waals surface area contributed by atoms with E-state index in [1.165, 1.54) is 11.3 Å². The Bertz CT molecular complexity index is 1010. The maximum Gasteiger partial charge on any atom is 0.322 e. The SMILES string of the molecule is CCOC(=O)C1CCN(C(=O)c2csc(CN(C(=O)Nc3c(C)cccc3C)C(C)C)n2)CC1. The van der Waals surface area contributed by atoms with E-state index in [1.807, 2.05) is 45.9 Å². The maximum absolute atomic E-state index is 13.1. The second kappa shape index (κ2) is 11.5. The van der Waals surface area contributed by atoms with E-state index in [-0.39, 0.29) is 29.9 Å². The number of hydrogen-bond donors (Lipinski definition) is 1. The molecule has 0 saturated carbocycles. The smallest absolute Gasteiger partial charge is 0.322 e. The number of aryl methyl sites for hydroxylation is 2. The Labute approximate surface area is 205 Å². The van der Waals surface area contributed by atoms with E-state index >= 15 is 0 Å². The lowest BCUT2D eigenvalue weighted by molar-refractivity contribution is -0.149. The molecular weight excluding hydrogens is 452 g/mol. The number of likely N-dealkylation sites (tertiary alicyclic amines) is 1. The molecule has 3 rings (SSSR count). The van der Waals surface area contributed by atoms with Gasteiger partial charge >= 0.3 is 12.0 Å². The lowest BCUT2D eigenvalue weighted by Gasteiger charge is -2.30. The van der Waals surface area contributed by atoms with Crippen LogP contribution in [0.5, 0.6) is 0 Å². The number of thiazole rings is 1. The van der Waals surface area contributed by atoms with Crippen molar-refractivity contribution in [1.29, 1.82) is 0 Å². The van der Waals surface area contributed by atoms with E-state index < -0.39 is 0 Å². The molecule has 3 amide bonds. The zero-order valence-electron chi connectivity index (χ0n) is 20.6. The van der Waals surface area contributed by atoms with Gasteiger partial charge in [-0.05, 0) is 58.6 Å². The van der Waals surface area contributed by atoms with Crippen molar-refractivity contribution in [2.24, 2.45) is 5.92 Å². The molecule has 0 spiro atoms. The molecule has 2 heterocycles. The number of carbonyl (C=O) groups excluding carboxylic acids is 3. The molecule has 1 saturated heterocycles. The summed E-state index contributed by atoms with van der Waals surface area (Å²) in [6.45, 7) is 11.3. The molecule has 1 aromatic heterocycles. The molecule has 0 bridgehead atoms. The van der Waals surface area contributed by atoms with Crippen LogP contribution >= 0.6 is 11.3 Å². The highest BCUT2D eigenvalue weighted by atomic mass is 32.1. The first-order valence-corrected chi connectivity index (χ1v) is 12.6. The third-order valence-corrected chi connectivity index (χ3v) is 6.91. The van der Waals surface area contributed by atoms with Gasteiger partial charge in [-0.3, -0.25) is 9.59 Å². The summed E-state index contributed by atoms with van der Waals surface area (Å²) in [6, 6.07) is 5.66. The van der Waals surface area contributed by atoms with Crippen molar-refractivity contribution in [2.75, 3.05) is 25.0 Å². The fraction of sp³-hybridized carbons (Fsp3) is 0.520. The van der Waals surface area contributed by atoms with Crippen LogP contribution in [0.3, 0.4) is 0 Å². The summed E-state index contributed by atoms with van der Waals surface area (Å²) in [4.78, 5) is 45.9. The summed E-state index contributed by atoms with van der Waals surface area (Å²) < 4.78 is 5.10. The van der Waals surface area contributed by atoms with Crippen LogP contribution in [0.4, 0.5) is 10.5 Å². The summed E-state index contributed by atoms with van der Waals surface area (Å²) in [6.07, 6.45) is 1.20. The average Bonchev–Trinajstić information content (AvgIpc) is 3.28. The van der Waals surface area contributed by atoms with Crippen molar-refractivity contribution >= 4 is 34.9 Å². The first-order chi connectivity index (χ1) is 16.2. The monoisotopic (exact) mass is 486 g/mol. The zero-order chi connectivity index (χ0) is 24.8. The summed E-state index contributed by atoms with van der Waals surface area (Å²) in [5.41, 5.74) is 3.21. The standard InChI is InChI=1S/C25H34N4O4S/c1-6-33-24(31)19-10-12-28(13-11-19)23(30)20-15-34-21(26-20)14-29(16(2)3)25(32)27-22-17(4)8-7-9-18(22)5/h7-9,15-16,19H,6,10-14H2,1-5H3,(H,27,32). The number of rotatable bonds is 7. The predicted octanol–water partition coefficient (Wildman–Crippen LogP) is 4.62. The Kier molecular flexibility index (Phi) is 8.66. The molecule has 1 N–H and O–H groups in total. The second-order valence-corrected chi connectivity index (χ2v) is 9.81. The molecule has 0 unspecified atom stereocenters. The quantitative estimate of drug-likeness (QED) is 0.577. The van der Waals surface area contributed by atoms with E-state index in [4.69, 9.17) is 4.74 Å². The minimum absolute atomic E-state index is 0.0470. The second-order valence-electron chi connectivity index (χ2n) is 8.86. The van der Waals surface area contributed by atoms with Gasteiger partial charge in [0, 0.05) is 30.2 Å². The number of urea groups is 1. The average molecular weight is 487 g/mol. The van der Waals surface area contributed by atoms with Gasteiger partial charge in [0.2, 0.25) is 0 Å². The van der Waals surface area contributed by atoms with Crippen molar-refractivity contribution in [1.82, 2.24) is 14.8 Å². The Hall–Kier alpha value is -2.94. The number of amides is 3. The molecule has 9 heteroatoms. The number of anilines is 1. The van der Waals surface area contributed by atoms with E-state index in [1.54, 1.807) is 22.1 Å². The molecule has 1 aliphatic heterocycles. The Balaban J connectivity index is 1.62. The minimum atomic E-state index is -0.198. The molecule has 2 aromatic rings. The van der Waals surface area contributed by atoms with Gasteiger partial charge in [0.05, 0.1) is 19.1 Å². The van der Waals surface area contributed by atoms with Crippen molar-refractivity contribution in [2.45, 2.75) is 60.0 Å². The number of carbonyl (C=O) groups is 3. The summed E-state index contributed by atoms with van der Waals surface area (Å²) in [5, 5.41) is 5.49. The van der Waals surface area contributed by atoms with Gasteiger partial charge in [0.25, 0.3) is 5.91 Å². The summed E-state index contributed by atoms with van der Waals surface area (Å²) in [7, 11) is 0.